The number of rotatable bonds is 7. The van der Waals surface area contributed by atoms with Crippen molar-refractivity contribution in [3.8, 4) is 0 Å². The van der Waals surface area contributed by atoms with Gasteiger partial charge < -0.3 is 15.2 Å². The molecule has 31 heavy (non-hydrogen) atoms. The molecule has 3 aromatic rings. The van der Waals surface area contributed by atoms with Gasteiger partial charge in [-0.25, -0.2) is 4.79 Å². The molecule has 3 rings (SSSR count). The average molecular weight is 441 g/mol. The fourth-order valence-electron chi connectivity index (χ4n) is 3.38. The number of aromatic nitrogens is 2. The fourth-order valence-corrected chi connectivity index (χ4v) is 3.57. The van der Waals surface area contributed by atoms with Crippen molar-refractivity contribution in [1.29, 1.82) is 0 Å². The standard InChI is InChI=1S/C23H25ClN4O3/c1-4-27(5-2)17-10-11-20(15(3)12-17)26-21(29)18-13-25-23(31)28(22(18)30)14-16-8-6-7-9-19(16)24/h6-13H,4-5,14H2,1-3H3,(H,25,31)(H,26,29). The van der Waals surface area contributed by atoms with E-state index >= 15 is 0 Å². The Bertz CT molecular complexity index is 1210. The van der Waals surface area contributed by atoms with E-state index in [0.717, 1.165) is 35.1 Å². The van der Waals surface area contributed by atoms with Gasteiger partial charge in [0.25, 0.3) is 11.5 Å². The number of amides is 1. The first-order valence-corrected chi connectivity index (χ1v) is 10.5. The highest BCUT2D eigenvalue weighted by Crippen LogP contribution is 2.23. The van der Waals surface area contributed by atoms with Crippen LogP contribution < -0.4 is 21.5 Å². The molecule has 0 aliphatic rings. The van der Waals surface area contributed by atoms with Crippen LogP contribution in [0.25, 0.3) is 0 Å². The topological polar surface area (TPSA) is 87.2 Å². The Labute approximate surface area is 185 Å². The first kappa shape index (κ1) is 22.4. The maximum atomic E-state index is 12.9. The van der Waals surface area contributed by atoms with Gasteiger partial charge in [0.2, 0.25) is 0 Å². The zero-order valence-corrected chi connectivity index (χ0v) is 18.5. The number of nitrogens with zero attached hydrogens (tertiary/aromatic N) is 2. The second-order valence-corrected chi connectivity index (χ2v) is 7.52. The van der Waals surface area contributed by atoms with E-state index in [9.17, 15) is 14.4 Å². The summed E-state index contributed by atoms with van der Waals surface area (Å²) in [5.74, 6) is -0.590. The molecule has 1 aromatic heterocycles. The zero-order chi connectivity index (χ0) is 22.5. The van der Waals surface area contributed by atoms with Crippen LogP contribution in [-0.2, 0) is 6.54 Å². The van der Waals surface area contributed by atoms with Crippen molar-refractivity contribution in [3.63, 3.8) is 0 Å². The quantitative estimate of drug-likeness (QED) is 0.587. The third-order valence-electron chi connectivity index (χ3n) is 5.18. The van der Waals surface area contributed by atoms with Crippen LogP contribution in [0, 0.1) is 6.92 Å². The van der Waals surface area contributed by atoms with E-state index in [1.54, 1.807) is 24.3 Å². The van der Waals surface area contributed by atoms with Crippen LogP contribution in [0.4, 0.5) is 11.4 Å². The van der Waals surface area contributed by atoms with E-state index in [1.165, 1.54) is 0 Å². The highest BCUT2D eigenvalue weighted by molar-refractivity contribution is 6.31. The van der Waals surface area contributed by atoms with Gasteiger partial charge in [0.1, 0.15) is 5.56 Å². The van der Waals surface area contributed by atoms with E-state index in [2.05, 4.69) is 29.0 Å². The van der Waals surface area contributed by atoms with Gasteiger partial charge in [0.15, 0.2) is 0 Å². The highest BCUT2D eigenvalue weighted by atomic mass is 35.5. The number of carbonyl (C=O) groups is 1. The molecule has 1 amide bonds. The lowest BCUT2D eigenvalue weighted by Gasteiger charge is -2.22. The number of halogens is 1. The summed E-state index contributed by atoms with van der Waals surface area (Å²) in [7, 11) is 0. The summed E-state index contributed by atoms with van der Waals surface area (Å²) in [6.07, 6.45) is 1.14. The largest absolute Gasteiger partial charge is 0.372 e. The second kappa shape index (κ2) is 9.66. The molecule has 0 aliphatic heterocycles. The molecule has 0 unspecified atom stereocenters. The molecule has 162 valence electrons. The number of nitrogens with one attached hydrogen (secondary N) is 2. The molecule has 0 aliphatic carbocycles. The number of benzene rings is 2. The monoisotopic (exact) mass is 440 g/mol. The molecule has 8 heteroatoms. The Kier molecular flexibility index (Phi) is 6.97. The molecule has 2 aromatic carbocycles. The molecular formula is C23H25ClN4O3. The Morgan fingerprint density at radius 3 is 2.48 bits per heavy atom. The van der Waals surface area contributed by atoms with Gasteiger partial charge in [-0.3, -0.25) is 14.2 Å². The predicted molar refractivity (Wildman–Crippen MR) is 125 cm³/mol. The van der Waals surface area contributed by atoms with Crippen molar-refractivity contribution in [2.24, 2.45) is 0 Å². The summed E-state index contributed by atoms with van der Waals surface area (Å²) in [4.78, 5) is 42.6. The molecule has 0 atom stereocenters. The van der Waals surface area contributed by atoms with Gasteiger partial charge in [-0.2, -0.15) is 0 Å². The maximum absolute atomic E-state index is 12.9. The molecule has 0 radical (unpaired) electrons. The third kappa shape index (κ3) is 4.88. The lowest BCUT2D eigenvalue weighted by molar-refractivity contribution is 0.102. The van der Waals surface area contributed by atoms with Crippen LogP contribution in [0.5, 0.6) is 0 Å². The SMILES string of the molecule is CCN(CC)c1ccc(NC(=O)c2c[nH]c(=O)n(Cc3ccccc3Cl)c2=O)c(C)c1. The van der Waals surface area contributed by atoms with Crippen molar-refractivity contribution in [2.75, 3.05) is 23.3 Å². The molecular weight excluding hydrogens is 416 g/mol. The van der Waals surface area contributed by atoms with Gasteiger partial charge in [-0.15, -0.1) is 0 Å². The Morgan fingerprint density at radius 1 is 1.13 bits per heavy atom. The van der Waals surface area contributed by atoms with Gasteiger partial charge in [-0.05, 0) is 56.2 Å². The van der Waals surface area contributed by atoms with E-state index in [0.29, 0.717) is 16.3 Å². The van der Waals surface area contributed by atoms with Crippen molar-refractivity contribution in [3.05, 3.63) is 91.2 Å². The van der Waals surface area contributed by atoms with Crippen LogP contribution in [0.2, 0.25) is 5.02 Å². The van der Waals surface area contributed by atoms with E-state index in [1.807, 2.05) is 25.1 Å². The van der Waals surface area contributed by atoms with Gasteiger partial charge >= 0.3 is 5.69 Å². The van der Waals surface area contributed by atoms with Crippen LogP contribution in [0.3, 0.4) is 0 Å². The summed E-state index contributed by atoms with van der Waals surface area (Å²) in [6.45, 7) is 7.78. The van der Waals surface area contributed by atoms with Crippen LogP contribution in [-0.4, -0.2) is 28.5 Å². The molecule has 0 bridgehead atoms. The Hall–Kier alpha value is -3.32. The Balaban J connectivity index is 1.88. The van der Waals surface area contributed by atoms with Crippen molar-refractivity contribution in [2.45, 2.75) is 27.3 Å². The van der Waals surface area contributed by atoms with Gasteiger partial charge in [-0.1, -0.05) is 29.8 Å². The predicted octanol–water partition coefficient (Wildman–Crippen LogP) is 3.65. The first-order chi connectivity index (χ1) is 14.8. The first-order valence-electron chi connectivity index (χ1n) is 10.1. The number of aromatic amines is 1. The van der Waals surface area contributed by atoms with Crippen LogP contribution in [0.15, 0.2) is 58.3 Å². The minimum absolute atomic E-state index is 0.0352. The van der Waals surface area contributed by atoms with Crippen LogP contribution in [0.1, 0.15) is 35.3 Å². The molecule has 0 fully saturated rings. The lowest BCUT2D eigenvalue weighted by Crippen LogP contribution is -2.39. The molecule has 7 nitrogen and oxygen atoms in total. The summed E-state index contributed by atoms with van der Waals surface area (Å²) in [6, 6.07) is 12.7. The molecule has 0 saturated heterocycles. The summed E-state index contributed by atoms with van der Waals surface area (Å²) >= 11 is 6.15. The minimum Gasteiger partial charge on any atom is -0.372 e. The van der Waals surface area contributed by atoms with Gasteiger partial charge in [0.05, 0.1) is 6.54 Å². The molecule has 2 N–H and O–H groups in total. The summed E-state index contributed by atoms with van der Waals surface area (Å²) in [5, 5.41) is 3.21. The van der Waals surface area contributed by atoms with Crippen molar-refractivity contribution in [1.82, 2.24) is 9.55 Å². The average Bonchev–Trinajstić information content (AvgIpc) is 2.75. The minimum atomic E-state index is -0.682. The highest BCUT2D eigenvalue weighted by Gasteiger charge is 2.17. The lowest BCUT2D eigenvalue weighted by atomic mass is 10.1. The van der Waals surface area contributed by atoms with Crippen molar-refractivity contribution < 1.29 is 4.79 Å². The molecule has 0 saturated carbocycles. The summed E-state index contributed by atoms with van der Waals surface area (Å²) in [5.41, 5.74) is 1.70. The van der Waals surface area contributed by atoms with Crippen molar-refractivity contribution >= 4 is 28.9 Å². The number of anilines is 2. The fraction of sp³-hybridized carbons (Fsp3) is 0.261. The molecule has 1 heterocycles. The smallest absolute Gasteiger partial charge is 0.328 e. The maximum Gasteiger partial charge on any atom is 0.328 e. The second-order valence-electron chi connectivity index (χ2n) is 7.12. The number of H-pyrrole nitrogens is 1. The number of hydrogen-bond donors (Lipinski definition) is 2. The van der Waals surface area contributed by atoms with E-state index in [-0.39, 0.29) is 12.1 Å². The summed E-state index contributed by atoms with van der Waals surface area (Å²) < 4.78 is 0.965. The van der Waals surface area contributed by atoms with Gasteiger partial charge in [0, 0.05) is 35.7 Å². The van der Waals surface area contributed by atoms with Crippen LogP contribution >= 0.6 is 11.6 Å². The third-order valence-corrected chi connectivity index (χ3v) is 5.55. The Morgan fingerprint density at radius 2 is 1.84 bits per heavy atom. The zero-order valence-electron chi connectivity index (χ0n) is 17.7. The molecule has 0 spiro atoms. The normalized spacial score (nSPS) is 10.7. The van der Waals surface area contributed by atoms with E-state index in [4.69, 9.17) is 11.6 Å². The number of aryl methyl sites for hydroxylation is 1. The number of hydrogen-bond acceptors (Lipinski definition) is 4. The number of carbonyl (C=O) groups excluding carboxylic acids is 1. The van der Waals surface area contributed by atoms with E-state index < -0.39 is 17.2 Å².